The fourth-order valence-corrected chi connectivity index (χ4v) is 3.53. The van der Waals surface area contributed by atoms with Gasteiger partial charge in [0.1, 0.15) is 5.56 Å². The van der Waals surface area contributed by atoms with E-state index >= 15 is 0 Å². The molecule has 3 aromatic rings. The molecule has 2 heterocycles. The summed E-state index contributed by atoms with van der Waals surface area (Å²) in [4.78, 5) is 29.9. The van der Waals surface area contributed by atoms with Crippen LogP contribution in [0.25, 0.3) is 11.3 Å². The van der Waals surface area contributed by atoms with Gasteiger partial charge in [0.05, 0.1) is 10.7 Å². The summed E-state index contributed by atoms with van der Waals surface area (Å²) in [6.45, 7) is 2.49. The van der Waals surface area contributed by atoms with Gasteiger partial charge in [-0.25, -0.2) is 4.98 Å². The smallest absolute Gasteiger partial charge is 0.263 e. The van der Waals surface area contributed by atoms with Gasteiger partial charge in [-0.2, -0.15) is 0 Å². The van der Waals surface area contributed by atoms with Crippen molar-refractivity contribution in [2.45, 2.75) is 13.3 Å². The molecule has 0 saturated heterocycles. The zero-order chi connectivity index (χ0) is 17.8. The van der Waals surface area contributed by atoms with Crippen molar-refractivity contribution in [3.63, 3.8) is 0 Å². The number of thiazole rings is 1. The molecular formula is C19H19N3O2S. The highest BCUT2D eigenvalue weighted by Crippen LogP contribution is 2.27. The fraction of sp³-hybridized carbons (Fsp3) is 0.211. The minimum Gasteiger partial charge on any atom is -0.351 e. The van der Waals surface area contributed by atoms with Gasteiger partial charge in [-0.1, -0.05) is 30.3 Å². The van der Waals surface area contributed by atoms with Gasteiger partial charge in [0.15, 0.2) is 0 Å². The monoisotopic (exact) mass is 353 g/mol. The molecule has 1 N–H and O–H groups in total. The van der Waals surface area contributed by atoms with Crippen LogP contribution < -0.4 is 10.9 Å². The second-order valence-electron chi connectivity index (χ2n) is 5.72. The van der Waals surface area contributed by atoms with Crippen molar-refractivity contribution >= 4 is 17.2 Å². The third-order valence-electron chi connectivity index (χ3n) is 3.88. The number of pyridine rings is 1. The number of nitrogens with one attached hydrogen (secondary N) is 1. The normalized spacial score (nSPS) is 10.6. The van der Waals surface area contributed by atoms with E-state index < -0.39 is 0 Å². The van der Waals surface area contributed by atoms with Gasteiger partial charge in [0.25, 0.3) is 11.5 Å². The van der Waals surface area contributed by atoms with Crippen LogP contribution in [0.1, 0.15) is 20.2 Å². The zero-order valence-electron chi connectivity index (χ0n) is 14.2. The van der Waals surface area contributed by atoms with Gasteiger partial charge < -0.3 is 9.88 Å². The third-order valence-corrected chi connectivity index (χ3v) is 4.91. The number of hydrogen-bond acceptors (Lipinski definition) is 4. The Hall–Kier alpha value is -2.73. The number of aryl methyl sites for hydroxylation is 2. The van der Waals surface area contributed by atoms with E-state index in [1.54, 1.807) is 36.7 Å². The molecule has 1 aromatic carbocycles. The molecule has 0 spiro atoms. The topological polar surface area (TPSA) is 64.0 Å². The Bertz CT molecular complexity index is 945. The van der Waals surface area contributed by atoms with E-state index in [1.807, 2.05) is 30.3 Å². The summed E-state index contributed by atoms with van der Waals surface area (Å²) in [6.07, 6.45) is 2.26. The maximum atomic E-state index is 12.2. The summed E-state index contributed by atoms with van der Waals surface area (Å²) in [5.41, 5.74) is 1.95. The lowest BCUT2D eigenvalue weighted by Crippen LogP contribution is -2.32. The van der Waals surface area contributed by atoms with Crippen LogP contribution in [-0.2, 0) is 13.5 Å². The Morgan fingerprint density at radius 1 is 1.20 bits per heavy atom. The average Bonchev–Trinajstić information content (AvgIpc) is 2.98. The summed E-state index contributed by atoms with van der Waals surface area (Å²) >= 11 is 1.63. The van der Waals surface area contributed by atoms with E-state index in [9.17, 15) is 9.59 Å². The van der Waals surface area contributed by atoms with Crippen molar-refractivity contribution < 1.29 is 4.79 Å². The fourth-order valence-electron chi connectivity index (χ4n) is 2.57. The van der Waals surface area contributed by atoms with E-state index in [0.29, 0.717) is 13.0 Å². The van der Waals surface area contributed by atoms with Gasteiger partial charge >= 0.3 is 0 Å². The Morgan fingerprint density at radius 2 is 1.96 bits per heavy atom. The quantitative estimate of drug-likeness (QED) is 0.767. The number of amides is 1. The first-order valence-electron chi connectivity index (χ1n) is 8.02. The SMILES string of the molecule is Cc1sc(CCNC(=O)c2cccn(C)c2=O)nc1-c1ccccc1. The van der Waals surface area contributed by atoms with Crippen LogP contribution in [0, 0.1) is 6.92 Å². The van der Waals surface area contributed by atoms with E-state index in [4.69, 9.17) is 0 Å². The molecule has 0 fully saturated rings. The molecule has 5 nitrogen and oxygen atoms in total. The second-order valence-corrected chi connectivity index (χ2v) is 7.01. The van der Waals surface area contributed by atoms with Crippen LogP contribution in [0.2, 0.25) is 0 Å². The first kappa shape index (κ1) is 17.1. The number of benzene rings is 1. The molecule has 0 atom stereocenters. The predicted octanol–water partition coefficient (Wildman–Crippen LogP) is 2.79. The van der Waals surface area contributed by atoms with Crippen LogP contribution in [0.4, 0.5) is 0 Å². The van der Waals surface area contributed by atoms with Crippen LogP contribution in [0.3, 0.4) is 0 Å². The molecule has 0 aliphatic heterocycles. The lowest BCUT2D eigenvalue weighted by molar-refractivity contribution is 0.0952. The van der Waals surface area contributed by atoms with Gasteiger partial charge in [-0.3, -0.25) is 9.59 Å². The minimum absolute atomic E-state index is 0.158. The van der Waals surface area contributed by atoms with E-state index in [1.165, 1.54) is 4.57 Å². The van der Waals surface area contributed by atoms with Crippen molar-refractivity contribution in [3.05, 3.63) is 74.5 Å². The number of aromatic nitrogens is 2. The molecule has 128 valence electrons. The Kier molecular flexibility index (Phi) is 5.09. The maximum Gasteiger partial charge on any atom is 0.263 e. The third kappa shape index (κ3) is 3.85. The summed E-state index contributed by atoms with van der Waals surface area (Å²) in [5, 5.41) is 3.77. The molecule has 25 heavy (non-hydrogen) atoms. The zero-order valence-corrected chi connectivity index (χ0v) is 15.0. The highest BCUT2D eigenvalue weighted by atomic mass is 32.1. The van der Waals surface area contributed by atoms with Crippen molar-refractivity contribution in [2.24, 2.45) is 7.05 Å². The predicted molar refractivity (Wildman–Crippen MR) is 100 cm³/mol. The lowest BCUT2D eigenvalue weighted by Gasteiger charge is -2.04. The van der Waals surface area contributed by atoms with Crippen molar-refractivity contribution in [3.8, 4) is 11.3 Å². The molecule has 0 radical (unpaired) electrons. The van der Waals surface area contributed by atoms with Crippen molar-refractivity contribution in [1.82, 2.24) is 14.9 Å². The molecule has 2 aromatic heterocycles. The molecule has 0 bridgehead atoms. The highest BCUT2D eigenvalue weighted by Gasteiger charge is 2.12. The largest absolute Gasteiger partial charge is 0.351 e. The molecule has 0 aliphatic rings. The first-order valence-corrected chi connectivity index (χ1v) is 8.83. The molecule has 0 unspecified atom stereocenters. The summed E-state index contributed by atoms with van der Waals surface area (Å²) < 4.78 is 1.39. The van der Waals surface area contributed by atoms with Gasteiger partial charge in [-0.15, -0.1) is 11.3 Å². The van der Waals surface area contributed by atoms with E-state index in [0.717, 1.165) is 21.1 Å². The Balaban J connectivity index is 1.64. The van der Waals surface area contributed by atoms with Crippen LogP contribution in [0.5, 0.6) is 0 Å². The molecule has 0 saturated carbocycles. The Morgan fingerprint density at radius 3 is 2.72 bits per heavy atom. The summed E-state index contributed by atoms with van der Waals surface area (Å²) in [7, 11) is 1.63. The maximum absolute atomic E-state index is 12.2. The van der Waals surface area contributed by atoms with Crippen molar-refractivity contribution in [2.75, 3.05) is 6.54 Å². The molecule has 1 amide bonds. The summed E-state index contributed by atoms with van der Waals surface area (Å²) in [6, 6.07) is 13.3. The van der Waals surface area contributed by atoms with Crippen LogP contribution in [0.15, 0.2) is 53.5 Å². The van der Waals surface area contributed by atoms with Crippen LogP contribution in [-0.4, -0.2) is 22.0 Å². The molecule has 0 aliphatic carbocycles. The molecule has 3 rings (SSSR count). The highest BCUT2D eigenvalue weighted by molar-refractivity contribution is 7.12. The number of carbonyl (C=O) groups is 1. The van der Waals surface area contributed by atoms with E-state index in [2.05, 4.69) is 17.2 Å². The first-order chi connectivity index (χ1) is 12.1. The average molecular weight is 353 g/mol. The minimum atomic E-state index is -0.349. The number of rotatable bonds is 5. The standard InChI is InChI=1S/C19H19N3O2S/c1-13-17(14-7-4-3-5-8-14)21-16(25-13)10-11-20-18(23)15-9-6-12-22(2)19(15)24/h3-9,12H,10-11H2,1-2H3,(H,20,23). The number of carbonyl (C=O) groups excluding carboxylic acids is 1. The number of hydrogen-bond donors (Lipinski definition) is 1. The lowest BCUT2D eigenvalue weighted by atomic mass is 10.1. The van der Waals surface area contributed by atoms with Crippen molar-refractivity contribution in [1.29, 1.82) is 0 Å². The summed E-state index contributed by atoms with van der Waals surface area (Å²) in [5.74, 6) is -0.349. The second kappa shape index (κ2) is 7.44. The van der Waals surface area contributed by atoms with Crippen LogP contribution >= 0.6 is 11.3 Å². The van der Waals surface area contributed by atoms with Gasteiger partial charge in [0, 0.05) is 36.7 Å². The van der Waals surface area contributed by atoms with Gasteiger partial charge in [0.2, 0.25) is 0 Å². The Labute approximate surface area is 150 Å². The van der Waals surface area contributed by atoms with E-state index in [-0.39, 0.29) is 17.0 Å². The van der Waals surface area contributed by atoms with Gasteiger partial charge in [-0.05, 0) is 19.1 Å². The molecule has 6 heteroatoms. The number of nitrogens with zero attached hydrogens (tertiary/aromatic N) is 2. The molecular weight excluding hydrogens is 334 g/mol.